The van der Waals surface area contributed by atoms with Crippen LogP contribution in [0.15, 0.2) is 30.5 Å². The third-order valence-corrected chi connectivity index (χ3v) is 6.67. The Balaban J connectivity index is 2.19. The number of carbonyl (C=O) groups is 5. The van der Waals surface area contributed by atoms with E-state index < -0.39 is 53.8 Å². The molecule has 13 heteroatoms. The summed E-state index contributed by atoms with van der Waals surface area (Å²) in [4.78, 5) is 65.8. The summed E-state index contributed by atoms with van der Waals surface area (Å²) in [6, 6.07) is 2.96. The number of carbonyl (C=O) groups excluding carboxylic acids is 4. The number of rotatable bonds is 18. The van der Waals surface area contributed by atoms with Gasteiger partial charge in [0.25, 0.3) is 0 Å². The largest absolute Gasteiger partial charge is 0.480 e. The maximum absolute atomic E-state index is 13.3. The van der Waals surface area contributed by atoms with E-state index in [-0.39, 0.29) is 31.6 Å². The Hall–Kier alpha value is -3.97. The van der Waals surface area contributed by atoms with Crippen molar-refractivity contribution in [2.75, 3.05) is 6.54 Å². The summed E-state index contributed by atoms with van der Waals surface area (Å²) in [5.41, 5.74) is 18.4. The van der Waals surface area contributed by atoms with E-state index >= 15 is 0 Å². The second kappa shape index (κ2) is 16.3. The van der Waals surface area contributed by atoms with Crippen molar-refractivity contribution in [1.29, 1.82) is 0 Å². The van der Waals surface area contributed by atoms with Crippen LogP contribution < -0.4 is 33.2 Å². The number of aromatic nitrogens is 1. The van der Waals surface area contributed by atoms with Crippen LogP contribution in [0.3, 0.4) is 0 Å². The first-order chi connectivity index (χ1) is 19.4. The molecule has 0 radical (unpaired) electrons. The molecule has 226 valence electrons. The predicted molar refractivity (Wildman–Crippen MR) is 154 cm³/mol. The Morgan fingerprint density at radius 1 is 0.902 bits per heavy atom. The van der Waals surface area contributed by atoms with Gasteiger partial charge in [-0.2, -0.15) is 0 Å². The number of para-hydroxylation sites is 1. The van der Waals surface area contributed by atoms with E-state index in [1.807, 2.05) is 38.1 Å². The van der Waals surface area contributed by atoms with Gasteiger partial charge in [-0.15, -0.1) is 0 Å². The molecule has 4 atom stereocenters. The minimum absolute atomic E-state index is 0.0135. The molecule has 0 spiro atoms. The first-order valence-corrected chi connectivity index (χ1v) is 13.9. The maximum atomic E-state index is 13.3. The summed E-state index contributed by atoms with van der Waals surface area (Å²) in [6.07, 6.45) is 3.04. The zero-order valence-electron chi connectivity index (χ0n) is 23.7. The highest BCUT2D eigenvalue weighted by atomic mass is 16.4. The number of benzene rings is 1. The fourth-order valence-electron chi connectivity index (χ4n) is 4.48. The number of nitrogens with two attached hydrogens (primary N) is 3. The van der Waals surface area contributed by atoms with E-state index in [4.69, 9.17) is 17.2 Å². The van der Waals surface area contributed by atoms with Crippen LogP contribution in [0.5, 0.6) is 0 Å². The van der Waals surface area contributed by atoms with Gasteiger partial charge in [-0.25, -0.2) is 4.79 Å². The molecule has 1 aromatic heterocycles. The van der Waals surface area contributed by atoms with Crippen molar-refractivity contribution in [3.63, 3.8) is 0 Å². The monoisotopic (exact) mass is 573 g/mol. The zero-order chi connectivity index (χ0) is 30.5. The number of carboxylic acid groups (broad SMARTS) is 1. The Morgan fingerprint density at radius 2 is 1.51 bits per heavy atom. The van der Waals surface area contributed by atoms with Crippen molar-refractivity contribution in [1.82, 2.24) is 20.9 Å². The van der Waals surface area contributed by atoms with Crippen LogP contribution in [0, 0.1) is 5.92 Å². The molecule has 13 nitrogen and oxygen atoms in total. The van der Waals surface area contributed by atoms with Crippen molar-refractivity contribution in [3.8, 4) is 0 Å². The molecule has 4 unspecified atom stereocenters. The third kappa shape index (κ3) is 10.8. The highest BCUT2D eigenvalue weighted by molar-refractivity contribution is 5.94. The van der Waals surface area contributed by atoms with E-state index in [2.05, 4.69) is 20.9 Å². The molecule has 0 saturated heterocycles. The minimum atomic E-state index is -1.27. The number of unbranched alkanes of at least 4 members (excludes halogenated alkanes) is 1. The molecule has 2 aromatic rings. The SMILES string of the molecule is CC(C)CC(N)C(=O)NC(CCC(N)=O)C(=O)NC(CCCCN)C(=O)NC(Cc1c[nH]c2ccccc12)C(=O)O. The van der Waals surface area contributed by atoms with Crippen molar-refractivity contribution >= 4 is 40.5 Å². The van der Waals surface area contributed by atoms with E-state index in [0.717, 1.165) is 10.9 Å². The first-order valence-electron chi connectivity index (χ1n) is 13.9. The number of hydrogen-bond donors (Lipinski definition) is 8. The number of aliphatic carboxylic acids is 1. The maximum Gasteiger partial charge on any atom is 0.326 e. The Kier molecular flexibility index (Phi) is 13.2. The van der Waals surface area contributed by atoms with Gasteiger partial charge in [0, 0.05) is 29.9 Å². The predicted octanol–water partition coefficient (Wildman–Crippen LogP) is 0.0173. The van der Waals surface area contributed by atoms with Gasteiger partial charge in [0.1, 0.15) is 18.1 Å². The van der Waals surface area contributed by atoms with Gasteiger partial charge in [0.05, 0.1) is 6.04 Å². The molecule has 0 aliphatic heterocycles. The molecule has 4 amide bonds. The average Bonchev–Trinajstić information content (AvgIpc) is 3.32. The zero-order valence-corrected chi connectivity index (χ0v) is 23.7. The number of carboxylic acids is 1. The number of hydrogen-bond acceptors (Lipinski definition) is 7. The molecule has 0 fully saturated rings. The van der Waals surface area contributed by atoms with Gasteiger partial charge >= 0.3 is 5.97 Å². The van der Waals surface area contributed by atoms with Gasteiger partial charge in [-0.05, 0) is 56.2 Å². The Labute approximate surface area is 239 Å². The third-order valence-electron chi connectivity index (χ3n) is 6.67. The minimum Gasteiger partial charge on any atom is -0.480 e. The molecule has 0 aliphatic carbocycles. The van der Waals surface area contributed by atoms with E-state index in [1.165, 1.54) is 0 Å². The molecule has 0 aliphatic rings. The van der Waals surface area contributed by atoms with Crippen LogP contribution in [-0.2, 0) is 30.4 Å². The molecule has 41 heavy (non-hydrogen) atoms. The molecule has 11 N–H and O–H groups in total. The number of fused-ring (bicyclic) bond motifs is 1. The number of nitrogens with one attached hydrogen (secondary N) is 4. The summed E-state index contributed by atoms with van der Waals surface area (Å²) < 4.78 is 0. The molecule has 1 heterocycles. The van der Waals surface area contributed by atoms with Crippen LogP contribution in [0.1, 0.15) is 57.9 Å². The van der Waals surface area contributed by atoms with Crippen molar-refractivity contribution in [2.24, 2.45) is 23.1 Å². The highest BCUT2D eigenvalue weighted by Gasteiger charge is 2.31. The summed E-state index contributed by atoms with van der Waals surface area (Å²) in [7, 11) is 0. The summed E-state index contributed by atoms with van der Waals surface area (Å²) in [5, 5.41) is 18.4. The lowest BCUT2D eigenvalue weighted by atomic mass is 10.0. The van der Waals surface area contributed by atoms with Crippen LogP contribution in [0.2, 0.25) is 0 Å². The molecule has 0 saturated carbocycles. The van der Waals surface area contributed by atoms with Crippen LogP contribution in [-0.4, -0.2) is 70.4 Å². The highest BCUT2D eigenvalue weighted by Crippen LogP contribution is 2.19. The molecule has 0 bridgehead atoms. The van der Waals surface area contributed by atoms with Gasteiger partial charge in [-0.3, -0.25) is 19.2 Å². The van der Waals surface area contributed by atoms with Crippen LogP contribution in [0.4, 0.5) is 0 Å². The summed E-state index contributed by atoms with van der Waals surface area (Å²) in [6.45, 7) is 4.17. The van der Waals surface area contributed by atoms with Gasteiger partial charge in [0.2, 0.25) is 23.6 Å². The normalized spacial score (nSPS) is 14.2. The molecular formula is C28H43N7O6. The number of amides is 4. The quantitative estimate of drug-likeness (QED) is 0.113. The Bertz CT molecular complexity index is 1200. The fourth-order valence-corrected chi connectivity index (χ4v) is 4.48. The fraction of sp³-hybridized carbons (Fsp3) is 0.536. The van der Waals surface area contributed by atoms with Crippen molar-refractivity contribution in [2.45, 2.75) is 83.0 Å². The first kappa shape index (κ1) is 33.2. The number of primary amides is 1. The lowest BCUT2D eigenvalue weighted by molar-refractivity contribution is -0.142. The molecular weight excluding hydrogens is 530 g/mol. The van der Waals surface area contributed by atoms with E-state index in [9.17, 15) is 29.1 Å². The van der Waals surface area contributed by atoms with E-state index in [1.54, 1.807) is 6.20 Å². The van der Waals surface area contributed by atoms with Crippen LogP contribution >= 0.6 is 0 Å². The van der Waals surface area contributed by atoms with Gasteiger partial charge < -0.3 is 43.2 Å². The van der Waals surface area contributed by atoms with E-state index in [0.29, 0.717) is 31.4 Å². The molecule has 1 aromatic carbocycles. The Morgan fingerprint density at radius 3 is 2.12 bits per heavy atom. The van der Waals surface area contributed by atoms with Gasteiger partial charge in [0.15, 0.2) is 0 Å². The topological polar surface area (TPSA) is 236 Å². The van der Waals surface area contributed by atoms with Gasteiger partial charge in [-0.1, -0.05) is 32.0 Å². The second-order valence-corrected chi connectivity index (χ2v) is 10.6. The number of H-pyrrole nitrogens is 1. The average molecular weight is 574 g/mol. The standard InChI is InChI=1S/C28H43N7O6/c1-16(2)13-19(30)25(37)33-22(10-11-24(31)36)27(39)34-21(9-5-6-12-29)26(38)35-23(28(40)41)14-17-15-32-20-8-4-3-7-18(17)20/h3-4,7-8,15-16,19,21-23,32H,5-6,9-14,29-30H2,1-2H3,(H2,31,36)(H,33,37)(H,34,39)(H,35,38)(H,40,41). The molecule has 2 rings (SSSR count). The smallest absolute Gasteiger partial charge is 0.326 e. The van der Waals surface area contributed by atoms with Crippen LogP contribution in [0.25, 0.3) is 10.9 Å². The number of aromatic amines is 1. The second-order valence-electron chi connectivity index (χ2n) is 10.6. The van der Waals surface area contributed by atoms with Crippen molar-refractivity contribution in [3.05, 3.63) is 36.0 Å². The lowest BCUT2D eigenvalue weighted by Gasteiger charge is -2.25. The van der Waals surface area contributed by atoms with Crippen molar-refractivity contribution < 1.29 is 29.1 Å². The summed E-state index contributed by atoms with van der Waals surface area (Å²) in [5.74, 6) is -3.75. The lowest BCUT2D eigenvalue weighted by Crippen LogP contribution is -2.57. The summed E-state index contributed by atoms with van der Waals surface area (Å²) >= 11 is 0.